The first-order chi connectivity index (χ1) is 12.4. The van der Waals surface area contributed by atoms with Crippen LogP contribution in [0, 0.1) is 17.5 Å². The summed E-state index contributed by atoms with van der Waals surface area (Å²) in [7, 11) is 1.77. The molecule has 0 aliphatic carbocycles. The van der Waals surface area contributed by atoms with E-state index in [0.717, 1.165) is 17.0 Å². The largest absolute Gasteiger partial charge is 0.486 e. The molecule has 2 aromatic carbocycles. The quantitative estimate of drug-likeness (QED) is 0.786. The molecule has 0 spiro atoms. The number of fused-ring (bicyclic) bond motifs is 1. The highest BCUT2D eigenvalue weighted by Gasteiger charge is 2.25. The van der Waals surface area contributed by atoms with Crippen LogP contribution in [0.4, 0.5) is 18.9 Å². The van der Waals surface area contributed by atoms with Gasteiger partial charge < -0.3 is 19.7 Å². The minimum atomic E-state index is -1.62. The fraction of sp³-hybridized carbons (Fsp3) is 0.278. The zero-order valence-electron chi connectivity index (χ0n) is 14.0. The average molecular weight is 367 g/mol. The number of likely N-dealkylation sites (N-methyl/N-ethyl adjacent to an activating group) is 1. The second kappa shape index (κ2) is 7.65. The molecule has 1 amide bonds. The lowest BCUT2D eigenvalue weighted by atomic mass is 10.2. The molecule has 1 aliphatic rings. The smallest absolute Gasteiger partial charge is 0.279 e. The maximum absolute atomic E-state index is 13.6. The number of rotatable bonds is 5. The van der Waals surface area contributed by atoms with Gasteiger partial charge in [-0.2, -0.15) is 0 Å². The van der Waals surface area contributed by atoms with Crippen molar-refractivity contribution in [2.24, 2.45) is 0 Å². The van der Waals surface area contributed by atoms with Crippen LogP contribution in [0.3, 0.4) is 0 Å². The molecule has 2 atom stereocenters. The lowest BCUT2D eigenvalue weighted by Gasteiger charge is -2.27. The summed E-state index contributed by atoms with van der Waals surface area (Å²) in [6.45, 7) is 0.829. The van der Waals surface area contributed by atoms with Crippen LogP contribution in [0.2, 0.25) is 0 Å². The lowest BCUT2D eigenvalue weighted by molar-refractivity contribution is -0.874. The van der Waals surface area contributed by atoms with Gasteiger partial charge in [0.2, 0.25) is 0 Å². The van der Waals surface area contributed by atoms with Gasteiger partial charge in [0.25, 0.3) is 5.91 Å². The zero-order valence-corrected chi connectivity index (χ0v) is 14.0. The first kappa shape index (κ1) is 18.1. The number of para-hydroxylation sites is 2. The van der Waals surface area contributed by atoms with Gasteiger partial charge >= 0.3 is 0 Å². The molecule has 1 heterocycles. The Morgan fingerprint density at radius 2 is 1.88 bits per heavy atom. The minimum absolute atomic E-state index is 0.0000572. The Kier molecular flexibility index (Phi) is 5.32. The number of carbonyl (C=O) groups is 1. The van der Waals surface area contributed by atoms with Crippen molar-refractivity contribution in [3.8, 4) is 11.5 Å². The highest BCUT2D eigenvalue weighted by atomic mass is 19.2. The standard InChI is InChI=1S/C18H17F3N2O3/c1-23(8-11-10-25-14-4-2-3-5-15(14)26-11)9-16(24)22-13-7-6-12(19)17(20)18(13)21/h2-7,11H,8-10H2,1H3,(H,22,24)/p+1/t11-/m1/s1. The summed E-state index contributed by atoms with van der Waals surface area (Å²) in [6.07, 6.45) is -0.238. The van der Waals surface area contributed by atoms with Crippen molar-refractivity contribution in [2.45, 2.75) is 6.10 Å². The molecule has 0 saturated carbocycles. The SMILES string of the molecule is C[NH+](CC(=O)Nc1ccc(F)c(F)c1F)C[C@@H]1COc2ccccc2O1. The molecular formula is C18H18F3N2O3+. The highest BCUT2D eigenvalue weighted by Crippen LogP contribution is 2.30. The van der Waals surface area contributed by atoms with Crippen LogP contribution in [-0.4, -0.2) is 38.8 Å². The summed E-state index contributed by atoms with van der Waals surface area (Å²) in [5.74, 6) is -3.55. The van der Waals surface area contributed by atoms with Crippen molar-refractivity contribution in [1.29, 1.82) is 0 Å². The maximum Gasteiger partial charge on any atom is 0.279 e. The molecule has 26 heavy (non-hydrogen) atoms. The van der Waals surface area contributed by atoms with Gasteiger partial charge in [-0.25, -0.2) is 13.2 Å². The van der Waals surface area contributed by atoms with Crippen molar-refractivity contribution >= 4 is 11.6 Å². The maximum atomic E-state index is 13.6. The fourth-order valence-corrected chi connectivity index (χ4v) is 2.72. The van der Waals surface area contributed by atoms with E-state index in [1.54, 1.807) is 13.1 Å². The number of amides is 1. The average Bonchev–Trinajstić information content (AvgIpc) is 2.62. The number of carbonyl (C=O) groups excluding carboxylic acids is 1. The van der Waals surface area contributed by atoms with Gasteiger partial charge in [0.05, 0.1) is 12.7 Å². The number of hydrogen-bond donors (Lipinski definition) is 2. The van der Waals surface area contributed by atoms with E-state index >= 15 is 0 Å². The van der Waals surface area contributed by atoms with E-state index in [0.29, 0.717) is 24.7 Å². The van der Waals surface area contributed by atoms with Crippen LogP contribution in [-0.2, 0) is 4.79 Å². The van der Waals surface area contributed by atoms with Crippen molar-refractivity contribution < 1.29 is 32.3 Å². The third-order valence-electron chi connectivity index (χ3n) is 3.92. The van der Waals surface area contributed by atoms with E-state index in [9.17, 15) is 18.0 Å². The number of ether oxygens (including phenoxy) is 2. The van der Waals surface area contributed by atoms with E-state index in [1.807, 2.05) is 18.2 Å². The number of halogens is 3. The van der Waals surface area contributed by atoms with E-state index in [4.69, 9.17) is 9.47 Å². The number of nitrogens with one attached hydrogen (secondary N) is 2. The molecule has 1 aliphatic heterocycles. The predicted molar refractivity (Wildman–Crippen MR) is 87.9 cm³/mol. The van der Waals surface area contributed by atoms with Crippen LogP contribution in [0.1, 0.15) is 0 Å². The molecule has 0 saturated heterocycles. The summed E-state index contributed by atoms with van der Waals surface area (Å²) >= 11 is 0. The summed E-state index contributed by atoms with van der Waals surface area (Å²) in [5.41, 5.74) is -0.395. The van der Waals surface area contributed by atoms with Crippen LogP contribution >= 0.6 is 0 Å². The van der Waals surface area contributed by atoms with E-state index in [2.05, 4.69) is 5.32 Å². The Labute approximate surface area is 148 Å². The lowest BCUT2D eigenvalue weighted by Crippen LogP contribution is -3.11. The van der Waals surface area contributed by atoms with Crippen LogP contribution in [0.15, 0.2) is 36.4 Å². The topological polar surface area (TPSA) is 52.0 Å². The van der Waals surface area contributed by atoms with Gasteiger partial charge in [0.1, 0.15) is 13.2 Å². The van der Waals surface area contributed by atoms with E-state index in [-0.39, 0.29) is 12.6 Å². The van der Waals surface area contributed by atoms with Gasteiger partial charge in [-0.1, -0.05) is 12.1 Å². The molecule has 2 aromatic rings. The molecule has 0 radical (unpaired) electrons. The molecule has 2 N–H and O–H groups in total. The van der Waals surface area contributed by atoms with Crippen LogP contribution in [0.25, 0.3) is 0 Å². The highest BCUT2D eigenvalue weighted by molar-refractivity contribution is 5.91. The molecule has 8 heteroatoms. The first-order valence-electron chi connectivity index (χ1n) is 8.07. The molecule has 0 fully saturated rings. The van der Waals surface area contributed by atoms with Gasteiger partial charge in [-0.3, -0.25) is 4.79 Å². The van der Waals surface area contributed by atoms with Crippen molar-refractivity contribution in [3.05, 3.63) is 53.8 Å². The number of benzene rings is 2. The monoisotopic (exact) mass is 367 g/mol. The normalized spacial score (nSPS) is 16.8. The van der Waals surface area contributed by atoms with E-state index < -0.39 is 29.0 Å². The summed E-state index contributed by atoms with van der Waals surface area (Å²) < 4.78 is 51.1. The Hall–Kier alpha value is -2.74. The first-order valence-corrected chi connectivity index (χ1v) is 8.07. The van der Waals surface area contributed by atoms with E-state index in [1.165, 1.54) is 0 Å². The Balaban J connectivity index is 1.53. The fourth-order valence-electron chi connectivity index (χ4n) is 2.72. The van der Waals surface area contributed by atoms with Crippen molar-refractivity contribution in [1.82, 2.24) is 0 Å². The number of quaternary nitrogens is 1. The Morgan fingerprint density at radius 1 is 1.15 bits per heavy atom. The Bertz CT molecular complexity index is 816. The van der Waals surface area contributed by atoms with Crippen molar-refractivity contribution in [2.75, 3.05) is 32.1 Å². The van der Waals surface area contributed by atoms with Gasteiger partial charge in [-0.05, 0) is 24.3 Å². The van der Waals surface area contributed by atoms with Gasteiger partial charge in [-0.15, -0.1) is 0 Å². The molecule has 1 unspecified atom stereocenters. The Morgan fingerprint density at radius 3 is 2.65 bits per heavy atom. The second-order valence-electron chi connectivity index (χ2n) is 6.11. The predicted octanol–water partition coefficient (Wildman–Crippen LogP) is 1.40. The van der Waals surface area contributed by atoms with Crippen molar-refractivity contribution in [3.63, 3.8) is 0 Å². The minimum Gasteiger partial charge on any atom is -0.486 e. The summed E-state index contributed by atoms with van der Waals surface area (Å²) in [4.78, 5) is 12.8. The van der Waals surface area contributed by atoms with Crippen LogP contribution < -0.4 is 19.7 Å². The molecule has 0 aromatic heterocycles. The molecule has 0 bridgehead atoms. The van der Waals surface area contributed by atoms with Gasteiger partial charge in [0, 0.05) is 0 Å². The van der Waals surface area contributed by atoms with Gasteiger partial charge in [0.15, 0.2) is 41.6 Å². The summed E-state index contributed by atoms with van der Waals surface area (Å²) in [6, 6.07) is 9.04. The molecule has 5 nitrogen and oxygen atoms in total. The number of hydrogen-bond acceptors (Lipinski definition) is 3. The second-order valence-corrected chi connectivity index (χ2v) is 6.11. The third kappa shape index (κ3) is 4.08. The number of anilines is 1. The van der Waals surface area contributed by atoms with Crippen LogP contribution in [0.5, 0.6) is 11.5 Å². The molecular weight excluding hydrogens is 349 g/mol. The zero-order chi connectivity index (χ0) is 18.7. The third-order valence-corrected chi connectivity index (χ3v) is 3.92. The summed E-state index contributed by atoms with van der Waals surface area (Å²) in [5, 5.41) is 2.25. The molecule has 138 valence electrons. The molecule has 3 rings (SSSR count).